The number of halogens is 3. The summed E-state index contributed by atoms with van der Waals surface area (Å²) in [6.07, 6.45) is 3.87. The summed E-state index contributed by atoms with van der Waals surface area (Å²) in [4.78, 5) is 20.4. The van der Waals surface area contributed by atoms with Crippen molar-refractivity contribution >= 4 is 11.6 Å². The highest BCUT2D eigenvalue weighted by Gasteiger charge is 2.25. The van der Waals surface area contributed by atoms with Crippen LogP contribution < -0.4 is 10.6 Å². The number of ether oxygens (including phenoxy) is 1. The molecule has 0 bridgehead atoms. The van der Waals surface area contributed by atoms with E-state index in [9.17, 15) is 18.0 Å². The molecule has 2 fully saturated rings. The van der Waals surface area contributed by atoms with Crippen molar-refractivity contribution in [2.75, 3.05) is 38.7 Å². The highest BCUT2D eigenvalue weighted by atomic mass is 19.3. The van der Waals surface area contributed by atoms with Gasteiger partial charge in [0.2, 0.25) is 0 Å². The summed E-state index contributed by atoms with van der Waals surface area (Å²) in [5.74, 6) is -1.48. The molecule has 0 radical (unpaired) electrons. The molecular weight excluding hydrogens is 521 g/mol. The average Bonchev–Trinajstić information content (AvgIpc) is 3.45. The summed E-state index contributed by atoms with van der Waals surface area (Å²) in [5, 5.41) is 10.9. The molecule has 1 atom stereocenters. The number of piperidine rings is 1. The summed E-state index contributed by atoms with van der Waals surface area (Å²) >= 11 is 0. The molecule has 0 unspecified atom stereocenters. The standard InChI is InChI=1S/C29H35F3N6O2/c1-18(21-4-3-5-22(27(21)30)28(31)32)35-29(39)23-17-33-25(16-24(23)36-19-7-12-37(2)13-8-19)26-6-11-34-38(26)20-9-14-40-15-10-20/h3-6,11,16-20,28H,7-10,12-15H2,1-2H3,(H,33,36)(H,35,39)/t18-/m1/s1. The minimum absolute atomic E-state index is 0.000851. The molecule has 0 aliphatic carbocycles. The van der Waals surface area contributed by atoms with Crippen LogP contribution in [0.1, 0.15) is 72.6 Å². The Morgan fingerprint density at radius 2 is 1.82 bits per heavy atom. The third-order valence-electron chi connectivity index (χ3n) is 7.80. The predicted octanol–water partition coefficient (Wildman–Crippen LogP) is 5.37. The van der Waals surface area contributed by atoms with Crippen LogP contribution in [0.5, 0.6) is 0 Å². The van der Waals surface area contributed by atoms with Crippen LogP contribution >= 0.6 is 0 Å². The van der Waals surface area contributed by atoms with Crippen molar-refractivity contribution in [3.63, 3.8) is 0 Å². The second-order valence-electron chi connectivity index (χ2n) is 10.6. The van der Waals surface area contributed by atoms with Crippen molar-refractivity contribution in [3.8, 4) is 11.4 Å². The smallest absolute Gasteiger partial charge is 0.266 e. The molecule has 2 saturated heterocycles. The number of alkyl halides is 2. The van der Waals surface area contributed by atoms with Gasteiger partial charge in [0.25, 0.3) is 12.3 Å². The molecule has 4 heterocycles. The normalized spacial score (nSPS) is 18.1. The summed E-state index contributed by atoms with van der Waals surface area (Å²) < 4.78 is 48.7. The average molecular weight is 557 g/mol. The second-order valence-corrected chi connectivity index (χ2v) is 10.6. The maximum atomic E-state index is 14.8. The fourth-order valence-electron chi connectivity index (χ4n) is 5.43. The SMILES string of the molecule is C[C@@H](NC(=O)c1cnc(-c2ccnn2C2CCOCC2)cc1NC1CCN(C)CC1)c1cccc(C(F)F)c1F. The fourth-order valence-corrected chi connectivity index (χ4v) is 5.43. The van der Waals surface area contributed by atoms with Crippen molar-refractivity contribution < 1.29 is 22.7 Å². The lowest BCUT2D eigenvalue weighted by Crippen LogP contribution is -2.37. The van der Waals surface area contributed by atoms with Gasteiger partial charge in [0.05, 0.1) is 40.3 Å². The molecule has 3 aromatic rings. The minimum Gasteiger partial charge on any atom is -0.381 e. The molecule has 8 nitrogen and oxygen atoms in total. The third kappa shape index (κ3) is 6.15. The van der Waals surface area contributed by atoms with Crippen molar-refractivity contribution in [2.24, 2.45) is 0 Å². The Morgan fingerprint density at radius 3 is 2.55 bits per heavy atom. The molecule has 40 heavy (non-hydrogen) atoms. The second kappa shape index (κ2) is 12.4. The lowest BCUT2D eigenvalue weighted by molar-refractivity contribution is 0.0667. The number of benzene rings is 1. The number of pyridine rings is 1. The molecule has 11 heteroatoms. The first-order valence-corrected chi connectivity index (χ1v) is 13.8. The van der Waals surface area contributed by atoms with E-state index >= 15 is 0 Å². The topological polar surface area (TPSA) is 84.3 Å². The van der Waals surface area contributed by atoms with Gasteiger partial charge in [-0.3, -0.25) is 14.5 Å². The molecule has 5 rings (SSSR count). The number of anilines is 1. The van der Waals surface area contributed by atoms with Gasteiger partial charge in [-0.1, -0.05) is 18.2 Å². The molecule has 1 aromatic carbocycles. The molecule has 2 aromatic heterocycles. The number of aromatic nitrogens is 3. The Kier molecular flexibility index (Phi) is 8.70. The van der Waals surface area contributed by atoms with E-state index < -0.39 is 29.8 Å². The van der Waals surface area contributed by atoms with Gasteiger partial charge in [-0.25, -0.2) is 13.2 Å². The van der Waals surface area contributed by atoms with Crippen molar-refractivity contribution in [2.45, 2.75) is 57.2 Å². The van der Waals surface area contributed by atoms with E-state index in [1.165, 1.54) is 18.3 Å². The van der Waals surface area contributed by atoms with E-state index in [0.717, 1.165) is 50.5 Å². The Morgan fingerprint density at radius 1 is 1.10 bits per heavy atom. The van der Waals surface area contributed by atoms with Crippen LogP contribution in [0.4, 0.5) is 18.9 Å². The van der Waals surface area contributed by atoms with Crippen LogP contribution in [0.25, 0.3) is 11.4 Å². The first kappa shape index (κ1) is 28.1. The molecule has 2 aliphatic rings. The third-order valence-corrected chi connectivity index (χ3v) is 7.80. The highest BCUT2D eigenvalue weighted by molar-refractivity contribution is 6.00. The number of rotatable bonds is 8. The van der Waals surface area contributed by atoms with Gasteiger partial charge in [0, 0.05) is 37.2 Å². The molecule has 214 valence electrons. The van der Waals surface area contributed by atoms with Gasteiger partial charge in [0.1, 0.15) is 5.82 Å². The number of hydrogen-bond acceptors (Lipinski definition) is 6. The quantitative estimate of drug-likeness (QED) is 0.388. The van der Waals surface area contributed by atoms with Crippen LogP contribution in [0, 0.1) is 5.82 Å². The van der Waals surface area contributed by atoms with Crippen LogP contribution in [-0.4, -0.2) is 65.0 Å². The van der Waals surface area contributed by atoms with E-state index in [0.29, 0.717) is 30.2 Å². The first-order valence-electron chi connectivity index (χ1n) is 13.8. The summed E-state index contributed by atoms with van der Waals surface area (Å²) in [6, 6.07) is 7.13. The number of likely N-dealkylation sites (tertiary alicyclic amines) is 1. The number of amides is 1. The van der Waals surface area contributed by atoms with Gasteiger partial charge in [-0.15, -0.1) is 0 Å². The van der Waals surface area contributed by atoms with Crippen LogP contribution in [-0.2, 0) is 4.74 Å². The Labute approximate surface area is 231 Å². The molecule has 2 aliphatic heterocycles. The van der Waals surface area contributed by atoms with Gasteiger partial charge >= 0.3 is 0 Å². The van der Waals surface area contributed by atoms with Crippen LogP contribution in [0.2, 0.25) is 0 Å². The lowest BCUT2D eigenvalue weighted by atomic mass is 10.0. The van der Waals surface area contributed by atoms with Gasteiger partial charge in [-0.05, 0) is 64.9 Å². The van der Waals surface area contributed by atoms with E-state index in [1.54, 1.807) is 13.1 Å². The molecule has 2 N–H and O–H groups in total. The summed E-state index contributed by atoms with van der Waals surface area (Å²) in [5.41, 5.74) is 1.77. The largest absolute Gasteiger partial charge is 0.381 e. The summed E-state index contributed by atoms with van der Waals surface area (Å²) in [7, 11) is 2.08. The minimum atomic E-state index is -2.94. The number of nitrogens with zero attached hydrogens (tertiary/aromatic N) is 4. The maximum Gasteiger partial charge on any atom is 0.266 e. The van der Waals surface area contributed by atoms with Crippen molar-refractivity contribution in [1.29, 1.82) is 0 Å². The van der Waals surface area contributed by atoms with Crippen molar-refractivity contribution in [3.05, 3.63) is 65.2 Å². The number of carbonyl (C=O) groups excluding carboxylic acids is 1. The number of nitrogens with one attached hydrogen (secondary N) is 2. The lowest BCUT2D eigenvalue weighted by Gasteiger charge is -2.31. The van der Waals surface area contributed by atoms with Gasteiger partial charge < -0.3 is 20.3 Å². The predicted molar refractivity (Wildman–Crippen MR) is 146 cm³/mol. The molecule has 0 saturated carbocycles. The van der Waals surface area contributed by atoms with E-state index in [1.807, 2.05) is 16.8 Å². The molecule has 0 spiro atoms. The van der Waals surface area contributed by atoms with Gasteiger partial charge in [-0.2, -0.15) is 5.10 Å². The van der Waals surface area contributed by atoms with E-state index in [2.05, 4.69) is 32.7 Å². The van der Waals surface area contributed by atoms with Crippen LogP contribution in [0.3, 0.4) is 0 Å². The molecular formula is C29H35F3N6O2. The zero-order chi connectivity index (χ0) is 28.2. The van der Waals surface area contributed by atoms with Crippen molar-refractivity contribution in [1.82, 2.24) is 25.0 Å². The van der Waals surface area contributed by atoms with Gasteiger partial charge in [0.15, 0.2) is 0 Å². The Bertz CT molecular complexity index is 1320. The van der Waals surface area contributed by atoms with Crippen LogP contribution in [0.15, 0.2) is 42.7 Å². The zero-order valence-corrected chi connectivity index (χ0v) is 22.7. The zero-order valence-electron chi connectivity index (χ0n) is 22.7. The number of carbonyl (C=O) groups is 1. The van der Waals surface area contributed by atoms with E-state index in [4.69, 9.17) is 4.74 Å². The monoisotopic (exact) mass is 556 g/mol. The Balaban J connectivity index is 1.43. The number of hydrogen-bond donors (Lipinski definition) is 2. The summed E-state index contributed by atoms with van der Waals surface area (Å²) in [6.45, 7) is 4.80. The highest BCUT2D eigenvalue weighted by Crippen LogP contribution is 2.31. The Hall–Kier alpha value is -3.44. The fraction of sp³-hybridized carbons (Fsp3) is 0.483. The molecule has 1 amide bonds. The van der Waals surface area contributed by atoms with E-state index in [-0.39, 0.29) is 17.6 Å². The maximum absolute atomic E-state index is 14.8. The first-order chi connectivity index (χ1) is 19.3.